The first kappa shape index (κ1) is 19.4. The Kier molecular flexibility index (Phi) is 5.35. The summed E-state index contributed by atoms with van der Waals surface area (Å²) < 4.78 is 8.58. The summed E-state index contributed by atoms with van der Waals surface area (Å²) in [5.41, 5.74) is 2.13. The molecule has 3 rings (SSSR count). The molecule has 0 saturated carbocycles. The highest BCUT2D eigenvalue weighted by atomic mass is 16.6. The third-order valence-corrected chi connectivity index (χ3v) is 4.00. The molecule has 0 aliphatic rings. The fourth-order valence-electron chi connectivity index (χ4n) is 2.74. The van der Waals surface area contributed by atoms with Gasteiger partial charge >= 0.3 is 6.09 Å². The molecule has 0 unspecified atom stereocenters. The van der Waals surface area contributed by atoms with Crippen LogP contribution in [0.5, 0.6) is 0 Å². The highest BCUT2D eigenvalue weighted by Crippen LogP contribution is 2.27. The maximum atomic E-state index is 12.2. The van der Waals surface area contributed by atoms with Crippen molar-refractivity contribution >= 4 is 11.8 Å². The minimum absolute atomic E-state index is 0.230. The number of nitrogens with zero attached hydrogens (tertiary/aromatic N) is 3. The lowest BCUT2D eigenvalue weighted by Gasteiger charge is -2.20. The van der Waals surface area contributed by atoms with Gasteiger partial charge in [-0.2, -0.15) is 5.10 Å². The molecule has 2 aromatic heterocycles. The molecule has 0 aliphatic heterocycles. The van der Waals surface area contributed by atoms with Crippen LogP contribution in [0.15, 0.2) is 59.8 Å². The first-order valence-electron chi connectivity index (χ1n) is 8.99. The Hall–Kier alpha value is -3.35. The fourth-order valence-corrected chi connectivity index (χ4v) is 2.74. The predicted molar refractivity (Wildman–Crippen MR) is 108 cm³/mol. The summed E-state index contributed by atoms with van der Waals surface area (Å²) in [7, 11) is 1.66. The van der Waals surface area contributed by atoms with Crippen LogP contribution in [0, 0.1) is 0 Å². The maximum absolute atomic E-state index is 12.2. The van der Waals surface area contributed by atoms with Gasteiger partial charge in [0.05, 0.1) is 18.4 Å². The molecule has 0 spiro atoms. The van der Waals surface area contributed by atoms with Crippen molar-refractivity contribution in [2.24, 2.45) is 7.05 Å². The van der Waals surface area contributed by atoms with E-state index in [9.17, 15) is 9.59 Å². The van der Waals surface area contributed by atoms with Crippen molar-refractivity contribution in [3.63, 3.8) is 0 Å². The number of hydrogen-bond donors (Lipinski definition) is 1. The Morgan fingerprint density at radius 2 is 1.89 bits per heavy atom. The van der Waals surface area contributed by atoms with Gasteiger partial charge in [-0.3, -0.25) is 14.8 Å². The molecule has 28 heavy (non-hydrogen) atoms. The zero-order valence-electron chi connectivity index (χ0n) is 16.5. The molecule has 3 aromatic rings. The van der Waals surface area contributed by atoms with Crippen molar-refractivity contribution in [3.8, 4) is 11.1 Å². The zero-order valence-corrected chi connectivity index (χ0v) is 16.5. The number of carbonyl (C=O) groups excluding carboxylic acids is 1. The van der Waals surface area contributed by atoms with E-state index in [1.165, 1.54) is 10.6 Å². The SMILES string of the molecule is Cn1cc(-c2cnn(Cc3ccccc3)c2)c(NC(=O)OC(C)(C)C)cc1=O. The second kappa shape index (κ2) is 7.72. The molecule has 2 heterocycles. The van der Waals surface area contributed by atoms with Gasteiger partial charge in [0.15, 0.2) is 0 Å². The molecule has 0 atom stereocenters. The van der Waals surface area contributed by atoms with E-state index >= 15 is 0 Å². The number of anilines is 1. The Balaban J connectivity index is 1.90. The topological polar surface area (TPSA) is 78.2 Å². The van der Waals surface area contributed by atoms with Gasteiger partial charge in [0.2, 0.25) is 0 Å². The van der Waals surface area contributed by atoms with E-state index in [0.29, 0.717) is 17.8 Å². The van der Waals surface area contributed by atoms with Gasteiger partial charge in [-0.15, -0.1) is 0 Å². The molecule has 0 saturated heterocycles. The van der Waals surface area contributed by atoms with Crippen molar-refractivity contribution in [3.05, 3.63) is 70.9 Å². The number of amides is 1. The number of pyridine rings is 1. The highest BCUT2D eigenvalue weighted by molar-refractivity contribution is 5.91. The number of benzene rings is 1. The predicted octanol–water partition coefficient (Wildman–Crippen LogP) is 3.64. The molecule has 7 heteroatoms. The number of aromatic nitrogens is 3. The average Bonchev–Trinajstić information content (AvgIpc) is 3.05. The normalized spacial score (nSPS) is 11.3. The van der Waals surface area contributed by atoms with Crippen LogP contribution < -0.4 is 10.9 Å². The summed E-state index contributed by atoms with van der Waals surface area (Å²) in [5, 5.41) is 7.09. The van der Waals surface area contributed by atoms with Crippen LogP contribution >= 0.6 is 0 Å². The third-order valence-electron chi connectivity index (χ3n) is 4.00. The van der Waals surface area contributed by atoms with Crippen molar-refractivity contribution < 1.29 is 9.53 Å². The second-order valence-electron chi connectivity index (χ2n) is 7.59. The van der Waals surface area contributed by atoms with E-state index in [1.807, 2.05) is 41.2 Å². The van der Waals surface area contributed by atoms with Gasteiger partial charge < -0.3 is 9.30 Å². The first-order valence-corrected chi connectivity index (χ1v) is 8.99. The number of rotatable bonds is 4. The van der Waals surface area contributed by atoms with Crippen LogP contribution in [0.4, 0.5) is 10.5 Å². The highest BCUT2D eigenvalue weighted by Gasteiger charge is 2.18. The monoisotopic (exact) mass is 380 g/mol. The molecule has 1 aromatic carbocycles. The smallest absolute Gasteiger partial charge is 0.412 e. The van der Waals surface area contributed by atoms with Crippen LogP contribution in [-0.4, -0.2) is 26.0 Å². The molecular formula is C21H24N4O3. The summed E-state index contributed by atoms with van der Waals surface area (Å²) in [6, 6.07) is 11.4. The molecule has 7 nitrogen and oxygen atoms in total. The van der Waals surface area contributed by atoms with Crippen LogP contribution in [0.25, 0.3) is 11.1 Å². The molecule has 1 amide bonds. The first-order chi connectivity index (χ1) is 13.2. The Morgan fingerprint density at radius 3 is 2.57 bits per heavy atom. The van der Waals surface area contributed by atoms with E-state index in [2.05, 4.69) is 10.4 Å². The summed E-state index contributed by atoms with van der Waals surface area (Å²) in [6.07, 6.45) is 4.66. The lowest BCUT2D eigenvalue weighted by atomic mass is 10.1. The van der Waals surface area contributed by atoms with Crippen molar-refractivity contribution in [2.75, 3.05) is 5.32 Å². The largest absolute Gasteiger partial charge is 0.444 e. The molecule has 146 valence electrons. The van der Waals surface area contributed by atoms with E-state index < -0.39 is 11.7 Å². The molecule has 0 bridgehead atoms. The van der Waals surface area contributed by atoms with Gasteiger partial charge in [0, 0.05) is 36.6 Å². The minimum atomic E-state index is -0.634. The number of hydrogen-bond acceptors (Lipinski definition) is 4. The average molecular weight is 380 g/mol. The summed E-state index contributed by atoms with van der Waals surface area (Å²) in [5.74, 6) is 0. The summed E-state index contributed by atoms with van der Waals surface area (Å²) in [4.78, 5) is 24.3. The molecule has 0 radical (unpaired) electrons. The number of aryl methyl sites for hydroxylation is 1. The number of ether oxygens (including phenoxy) is 1. The van der Waals surface area contributed by atoms with Gasteiger partial charge in [0.25, 0.3) is 5.56 Å². The molecule has 0 fully saturated rings. The maximum Gasteiger partial charge on any atom is 0.412 e. The van der Waals surface area contributed by atoms with E-state index in [4.69, 9.17) is 4.74 Å². The van der Waals surface area contributed by atoms with Crippen LogP contribution in [0.3, 0.4) is 0 Å². The van der Waals surface area contributed by atoms with E-state index in [0.717, 1.165) is 11.1 Å². The van der Waals surface area contributed by atoms with Crippen LogP contribution in [0.2, 0.25) is 0 Å². The Labute approximate surface area is 163 Å². The van der Waals surface area contributed by atoms with Crippen LogP contribution in [0.1, 0.15) is 26.3 Å². The number of nitrogens with one attached hydrogen (secondary N) is 1. The van der Waals surface area contributed by atoms with Crippen LogP contribution in [-0.2, 0) is 18.3 Å². The molecule has 0 aliphatic carbocycles. The fraction of sp³-hybridized carbons (Fsp3) is 0.286. The zero-order chi connectivity index (χ0) is 20.3. The Morgan fingerprint density at radius 1 is 1.18 bits per heavy atom. The van der Waals surface area contributed by atoms with E-state index in [1.54, 1.807) is 40.2 Å². The lowest BCUT2D eigenvalue weighted by molar-refractivity contribution is 0.0636. The minimum Gasteiger partial charge on any atom is -0.444 e. The summed E-state index contributed by atoms with van der Waals surface area (Å²) >= 11 is 0. The number of carbonyl (C=O) groups is 1. The Bertz CT molecular complexity index is 1030. The second-order valence-corrected chi connectivity index (χ2v) is 7.59. The quantitative estimate of drug-likeness (QED) is 0.749. The van der Waals surface area contributed by atoms with Gasteiger partial charge in [0.1, 0.15) is 5.60 Å². The van der Waals surface area contributed by atoms with Crippen molar-refractivity contribution in [1.29, 1.82) is 0 Å². The summed E-state index contributed by atoms with van der Waals surface area (Å²) in [6.45, 7) is 5.98. The van der Waals surface area contributed by atoms with Gasteiger partial charge in [-0.1, -0.05) is 30.3 Å². The van der Waals surface area contributed by atoms with Gasteiger partial charge in [-0.25, -0.2) is 4.79 Å². The van der Waals surface area contributed by atoms with Crippen molar-refractivity contribution in [1.82, 2.24) is 14.3 Å². The molecule has 1 N–H and O–H groups in total. The third kappa shape index (κ3) is 4.88. The molecular weight excluding hydrogens is 356 g/mol. The van der Waals surface area contributed by atoms with Gasteiger partial charge in [-0.05, 0) is 26.3 Å². The van der Waals surface area contributed by atoms with Crippen molar-refractivity contribution in [2.45, 2.75) is 32.9 Å². The lowest BCUT2D eigenvalue weighted by Crippen LogP contribution is -2.28. The standard InChI is InChI=1S/C21H24N4O3/c1-21(2,3)28-20(27)23-18-10-19(26)24(4)14-17(18)16-11-22-25(13-16)12-15-8-6-5-7-9-15/h5-11,13-14H,12H2,1-4H3,(H,23,27). The van der Waals surface area contributed by atoms with E-state index in [-0.39, 0.29) is 5.56 Å².